The molecule has 2 amide bonds. The summed E-state index contributed by atoms with van der Waals surface area (Å²) < 4.78 is 0. The van der Waals surface area contributed by atoms with Crippen LogP contribution in [0.2, 0.25) is 0 Å². The van der Waals surface area contributed by atoms with Gasteiger partial charge in [0.15, 0.2) is 0 Å². The van der Waals surface area contributed by atoms with Crippen molar-refractivity contribution in [2.45, 2.75) is 58.4 Å². The van der Waals surface area contributed by atoms with E-state index < -0.39 is 17.4 Å². The molecule has 1 aliphatic rings. The summed E-state index contributed by atoms with van der Waals surface area (Å²) in [5, 5.41) is 15.1. The van der Waals surface area contributed by atoms with Crippen molar-refractivity contribution in [1.29, 1.82) is 0 Å². The number of aliphatic carboxylic acids is 1. The van der Waals surface area contributed by atoms with Gasteiger partial charge in [0.1, 0.15) is 5.54 Å². The summed E-state index contributed by atoms with van der Waals surface area (Å²) in [5.74, 6) is -1.60. The summed E-state index contributed by atoms with van der Waals surface area (Å²) in [7, 11) is 0. The molecule has 2 rings (SSSR count). The Morgan fingerprint density at radius 1 is 0.962 bits per heavy atom. The molecule has 0 heterocycles. The van der Waals surface area contributed by atoms with Gasteiger partial charge in [-0.1, -0.05) is 40.0 Å². The third-order valence-corrected chi connectivity index (χ3v) is 4.66. The molecule has 0 unspecified atom stereocenters. The Morgan fingerprint density at radius 2 is 1.46 bits per heavy atom. The molecule has 1 aromatic rings. The van der Waals surface area contributed by atoms with Crippen LogP contribution in [0.3, 0.4) is 0 Å². The van der Waals surface area contributed by atoms with Crippen molar-refractivity contribution in [3.05, 3.63) is 35.4 Å². The molecule has 142 valence electrons. The average molecular weight is 360 g/mol. The van der Waals surface area contributed by atoms with E-state index in [0.29, 0.717) is 30.5 Å². The molecular weight excluding hydrogens is 332 g/mol. The average Bonchev–Trinajstić information content (AvgIpc) is 2.60. The Labute approximate surface area is 154 Å². The van der Waals surface area contributed by atoms with Crippen molar-refractivity contribution in [3.8, 4) is 0 Å². The highest BCUT2D eigenvalue weighted by Gasteiger charge is 2.41. The van der Waals surface area contributed by atoms with E-state index in [9.17, 15) is 19.5 Å². The highest BCUT2D eigenvalue weighted by molar-refractivity contribution is 5.99. The molecule has 26 heavy (non-hydrogen) atoms. The quantitative estimate of drug-likeness (QED) is 0.752. The number of nitrogens with one attached hydrogen (secondary N) is 2. The zero-order chi connectivity index (χ0) is 19.4. The van der Waals surface area contributed by atoms with Crippen molar-refractivity contribution in [2.75, 3.05) is 6.54 Å². The first-order chi connectivity index (χ1) is 12.1. The summed E-state index contributed by atoms with van der Waals surface area (Å²) in [6.07, 6.45) is 3.46. The lowest BCUT2D eigenvalue weighted by Gasteiger charge is -2.34. The van der Waals surface area contributed by atoms with Crippen molar-refractivity contribution in [3.63, 3.8) is 0 Å². The maximum absolute atomic E-state index is 12.5. The third-order valence-electron chi connectivity index (χ3n) is 4.66. The summed E-state index contributed by atoms with van der Waals surface area (Å²) in [4.78, 5) is 36.3. The number of amides is 2. The molecular formula is C20H28N2O4. The maximum Gasteiger partial charge on any atom is 0.329 e. The largest absolute Gasteiger partial charge is 0.480 e. The van der Waals surface area contributed by atoms with Gasteiger partial charge in [0.25, 0.3) is 11.8 Å². The molecule has 1 saturated carbocycles. The molecule has 1 aromatic carbocycles. The van der Waals surface area contributed by atoms with Crippen LogP contribution >= 0.6 is 0 Å². The van der Waals surface area contributed by atoms with E-state index in [1.54, 1.807) is 24.3 Å². The Kier molecular flexibility index (Phi) is 6.05. The van der Waals surface area contributed by atoms with Crippen LogP contribution in [0, 0.1) is 5.41 Å². The number of benzene rings is 1. The highest BCUT2D eigenvalue weighted by atomic mass is 16.4. The van der Waals surface area contributed by atoms with Gasteiger partial charge in [-0.05, 0) is 42.5 Å². The number of rotatable bonds is 5. The fourth-order valence-electron chi connectivity index (χ4n) is 3.06. The lowest BCUT2D eigenvalue weighted by atomic mass is 9.81. The summed E-state index contributed by atoms with van der Waals surface area (Å²) in [6.45, 7) is 6.65. The predicted molar refractivity (Wildman–Crippen MR) is 99.1 cm³/mol. The molecule has 0 atom stereocenters. The van der Waals surface area contributed by atoms with E-state index in [0.717, 1.165) is 19.3 Å². The van der Waals surface area contributed by atoms with Crippen LogP contribution in [-0.2, 0) is 4.79 Å². The summed E-state index contributed by atoms with van der Waals surface area (Å²) >= 11 is 0. The monoisotopic (exact) mass is 360 g/mol. The van der Waals surface area contributed by atoms with E-state index in [4.69, 9.17) is 0 Å². The van der Waals surface area contributed by atoms with Crippen molar-refractivity contribution in [1.82, 2.24) is 10.6 Å². The Bertz CT molecular complexity index is 668. The smallest absolute Gasteiger partial charge is 0.329 e. The van der Waals surface area contributed by atoms with Gasteiger partial charge in [0, 0.05) is 17.7 Å². The minimum atomic E-state index is -1.18. The molecule has 0 spiro atoms. The molecule has 0 aliphatic heterocycles. The van der Waals surface area contributed by atoms with Gasteiger partial charge in [-0.2, -0.15) is 0 Å². The Balaban J connectivity index is 2.04. The molecule has 0 saturated heterocycles. The van der Waals surface area contributed by atoms with Crippen LogP contribution < -0.4 is 10.6 Å². The van der Waals surface area contributed by atoms with Gasteiger partial charge in [-0.25, -0.2) is 4.79 Å². The summed E-state index contributed by atoms with van der Waals surface area (Å²) in [5.41, 5.74) is -0.376. The zero-order valence-electron chi connectivity index (χ0n) is 15.7. The lowest BCUT2D eigenvalue weighted by Crippen LogP contribution is -2.55. The van der Waals surface area contributed by atoms with Crippen molar-refractivity contribution in [2.24, 2.45) is 5.41 Å². The van der Waals surface area contributed by atoms with Crippen LogP contribution in [0.1, 0.15) is 73.6 Å². The third kappa shape index (κ3) is 5.07. The molecule has 1 aliphatic carbocycles. The minimum absolute atomic E-state index is 0.0133. The van der Waals surface area contributed by atoms with E-state index in [1.165, 1.54) is 0 Å². The zero-order valence-corrected chi connectivity index (χ0v) is 15.7. The fraction of sp³-hybridized carbons (Fsp3) is 0.550. The second kappa shape index (κ2) is 7.89. The second-order valence-corrected chi connectivity index (χ2v) is 8.22. The van der Waals surface area contributed by atoms with Crippen LogP contribution in [0.5, 0.6) is 0 Å². The molecule has 0 aromatic heterocycles. The number of hydrogen-bond acceptors (Lipinski definition) is 3. The van der Waals surface area contributed by atoms with Crippen LogP contribution in [-0.4, -0.2) is 35.0 Å². The molecule has 6 heteroatoms. The molecule has 3 N–H and O–H groups in total. The predicted octanol–water partition coefficient (Wildman–Crippen LogP) is 2.98. The van der Waals surface area contributed by atoms with E-state index in [1.807, 2.05) is 20.8 Å². The lowest BCUT2D eigenvalue weighted by molar-refractivity contribution is -0.145. The summed E-state index contributed by atoms with van der Waals surface area (Å²) in [6, 6.07) is 6.28. The van der Waals surface area contributed by atoms with Crippen LogP contribution in [0.15, 0.2) is 24.3 Å². The Hall–Kier alpha value is -2.37. The van der Waals surface area contributed by atoms with Crippen LogP contribution in [0.4, 0.5) is 0 Å². The molecule has 0 radical (unpaired) electrons. The van der Waals surface area contributed by atoms with E-state index in [-0.39, 0.29) is 11.3 Å². The van der Waals surface area contributed by atoms with E-state index >= 15 is 0 Å². The topological polar surface area (TPSA) is 95.5 Å². The van der Waals surface area contributed by atoms with Crippen molar-refractivity contribution >= 4 is 17.8 Å². The number of carbonyl (C=O) groups is 3. The minimum Gasteiger partial charge on any atom is -0.480 e. The maximum atomic E-state index is 12.5. The van der Waals surface area contributed by atoms with E-state index in [2.05, 4.69) is 10.6 Å². The van der Waals surface area contributed by atoms with Gasteiger partial charge < -0.3 is 15.7 Å². The second-order valence-electron chi connectivity index (χ2n) is 8.22. The first-order valence-electron chi connectivity index (χ1n) is 9.07. The Morgan fingerprint density at radius 3 is 1.92 bits per heavy atom. The number of carboxylic acids is 1. The normalized spacial score (nSPS) is 16.6. The van der Waals surface area contributed by atoms with Gasteiger partial charge in [0.05, 0.1) is 0 Å². The fourth-order valence-corrected chi connectivity index (χ4v) is 3.06. The van der Waals surface area contributed by atoms with Gasteiger partial charge in [0.2, 0.25) is 0 Å². The molecule has 1 fully saturated rings. The van der Waals surface area contributed by atoms with Gasteiger partial charge in [-0.15, -0.1) is 0 Å². The first kappa shape index (κ1) is 19.9. The van der Waals surface area contributed by atoms with Crippen LogP contribution in [0.25, 0.3) is 0 Å². The molecule has 6 nitrogen and oxygen atoms in total. The number of carbonyl (C=O) groups excluding carboxylic acids is 2. The highest BCUT2D eigenvalue weighted by Crippen LogP contribution is 2.29. The SMILES string of the molecule is CC(C)(C)CNC(=O)c1ccc(C(=O)NC2(C(=O)O)CCCCC2)cc1. The number of carboxylic acid groups (broad SMARTS) is 1. The number of hydrogen-bond donors (Lipinski definition) is 3. The first-order valence-corrected chi connectivity index (χ1v) is 9.07. The van der Waals surface area contributed by atoms with Gasteiger partial charge in [-0.3, -0.25) is 9.59 Å². The standard InChI is InChI=1S/C20H28N2O4/c1-19(2,3)13-21-16(23)14-7-9-15(10-8-14)17(24)22-20(18(25)26)11-5-4-6-12-20/h7-10H,4-6,11-13H2,1-3H3,(H,21,23)(H,22,24)(H,25,26). The molecule has 0 bridgehead atoms. The van der Waals surface area contributed by atoms with Crippen molar-refractivity contribution < 1.29 is 19.5 Å². The van der Waals surface area contributed by atoms with Gasteiger partial charge >= 0.3 is 5.97 Å².